The van der Waals surface area contributed by atoms with Gasteiger partial charge in [0.1, 0.15) is 5.60 Å². The number of alkyl halides is 1. The molecular weight excluding hydrogens is 147 g/mol. The van der Waals surface area contributed by atoms with Crippen LogP contribution < -0.4 is 0 Å². The minimum absolute atomic E-state index is 0.611. The van der Waals surface area contributed by atoms with E-state index in [4.69, 9.17) is 4.74 Å². The molecule has 0 spiro atoms. The molecule has 0 heterocycles. The van der Waals surface area contributed by atoms with Gasteiger partial charge in [0.25, 0.3) is 0 Å². The van der Waals surface area contributed by atoms with Crippen LogP contribution in [-0.2, 0) is 9.53 Å². The summed E-state index contributed by atoms with van der Waals surface area (Å²) < 4.78 is 17.6. The average Bonchev–Trinajstić information content (AvgIpc) is 1.56. The van der Waals surface area contributed by atoms with Gasteiger partial charge in [-0.15, -0.1) is 0 Å². The molecule has 0 rings (SSSR count). The standard InChI is InChI=1S/C8H15FO2/c1-7(2,3)11-6(10)8(4,5)9/h1-5H3. The molecule has 0 bridgehead atoms. The van der Waals surface area contributed by atoms with E-state index < -0.39 is 17.2 Å². The molecule has 0 aliphatic heterocycles. The van der Waals surface area contributed by atoms with Crippen LogP contribution in [0.5, 0.6) is 0 Å². The molecule has 0 aliphatic carbocycles. The molecule has 0 aromatic rings. The smallest absolute Gasteiger partial charge is 0.343 e. The van der Waals surface area contributed by atoms with E-state index in [9.17, 15) is 9.18 Å². The Bertz CT molecular complexity index is 150. The first-order valence-corrected chi connectivity index (χ1v) is 3.55. The lowest BCUT2D eigenvalue weighted by molar-refractivity contribution is -0.167. The minimum Gasteiger partial charge on any atom is -0.458 e. The zero-order valence-electron chi connectivity index (χ0n) is 7.69. The second-order valence-electron chi connectivity index (χ2n) is 3.97. The molecule has 0 N–H and O–H groups in total. The number of hydrogen-bond donors (Lipinski definition) is 0. The molecular formula is C8H15FO2. The fourth-order valence-corrected chi connectivity index (χ4v) is 0.399. The molecule has 0 unspecified atom stereocenters. The summed E-state index contributed by atoms with van der Waals surface area (Å²) in [4.78, 5) is 10.9. The fraction of sp³-hybridized carbons (Fsp3) is 0.875. The first-order chi connectivity index (χ1) is 4.63. The third-order valence-corrected chi connectivity index (χ3v) is 0.884. The van der Waals surface area contributed by atoms with Crippen molar-refractivity contribution in [1.82, 2.24) is 0 Å². The zero-order valence-corrected chi connectivity index (χ0v) is 7.69. The number of halogens is 1. The Balaban J connectivity index is 4.11. The van der Waals surface area contributed by atoms with Crippen molar-refractivity contribution in [3.63, 3.8) is 0 Å². The minimum atomic E-state index is -1.90. The van der Waals surface area contributed by atoms with Crippen molar-refractivity contribution in [2.75, 3.05) is 0 Å². The summed E-state index contributed by atoms with van der Waals surface area (Å²) in [5.41, 5.74) is -2.51. The van der Waals surface area contributed by atoms with Gasteiger partial charge in [0.15, 0.2) is 0 Å². The largest absolute Gasteiger partial charge is 0.458 e. The molecule has 0 aromatic carbocycles. The lowest BCUT2D eigenvalue weighted by Crippen LogP contribution is -2.35. The Hall–Kier alpha value is -0.600. The third-order valence-electron chi connectivity index (χ3n) is 0.884. The van der Waals surface area contributed by atoms with Crippen LogP contribution in [0, 0.1) is 0 Å². The second-order valence-corrected chi connectivity index (χ2v) is 3.97. The van der Waals surface area contributed by atoms with Crippen molar-refractivity contribution in [3.8, 4) is 0 Å². The van der Waals surface area contributed by atoms with Crippen molar-refractivity contribution < 1.29 is 13.9 Å². The number of carbonyl (C=O) groups excluding carboxylic acids is 1. The highest BCUT2D eigenvalue weighted by Gasteiger charge is 2.31. The number of hydrogen-bond acceptors (Lipinski definition) is 2. The molecule has 0 saturated heterocycles. The van der Waals surface area contributed by atoms with E-state index in [1.165, 1.54) is 13.8 Å². The summed E-state index contributed by atoms with van der Waals surface area (Å²) >= 11 is 0. The van der Waals surface area contributed by atoms with Crippen LogP contribution in [-0.4, -0.2) is 17.2 Å². The maximum absolute atomic E-state index is 12.8. The molecule has 0 saturated carbocycles. The Morgan fingerprint density at radius 1 is 1.18 bits per heavy atom. The first kappa shape index (κ1) is 10.4. The zero-order chi connectivity index (χ0) is 9.28. The van der Waals surface area contributed by atoms with Gasteiger partial charge in [0.2, 0.25) is 5.67 Å². The molecule has 2 nitrogen and oxygen atoms in total. The van der Waals surface area contributed by atoms with E-state index >= 15 is 0 Å². The number of carbonyl (C=O) groups is 1. The first-order valence-electron chi connectivity index (χ1n) is 3.55. The number of esters is 1. The topological polar surface area (TPSA) is 26.3 Å². The van der Waals surface area contributed by atoms with Gasteiger partial charge in [-0.2, -0.15) is 0 Å². The molecule has 66 valence electrons. The fourth-order valence-electron chi connectivity index (χ4n) is 0.399. The predicted octanol–water partition coefficient (Wildman–Crippen LogP) is 2.08. The van der Waals surface area contributed by atoms with E-state index in [-0.39, 0.29) is 0 Å². The average molecular weight is 162 g/mol. The van der Waals surface area contributed by atoms with Crippen LogP contribution >= 0.6 is 0 Å². The van der Waals surface area contributed by atoms with Crippen LogP contribution in [0.15, 0.2) is 0 Å². The van der Waals surface area contributed by atoms with Crippen LogP contribution in [0.4, 0.5) is 4.39 Å². The Morgan fingerprint density at radius 2 is 1.55 bits per heavy atom. The quantitative estimate of drug-likeness (QED) is 0.552. The van der Waals surface area contributed by atoms with E-state index in [1.807, 2.05) is 0 Å². The van der Waals surface area contributed by atoms with Crippen LogP contribution in [0.1, 0.15) is 34.6 Å². The summed E-state index contributed by atoms with van der Waals surface area (Å²) in [5, 5.41) is 0. The van der Waals surface area contributed by atoms with Gasteiger partial charge in [-0.25, -0.2) is 9.18 Å². The third kappa shape index (κ3) is 4.76. The molecule has 0 aliphatic rings. The van der Waals surface area contributed by atoms with E-state index in [2.05, 4.69) is 0 Å². The Morgan fingerprint density at radius 3 is 1.64 bits per heavy atom. The molecule has 3 heteroatoms. The van der Waals surface area contributed by atoms with Crippen molar-refractivity contribution in [2.24, 2.45) is 0 Å². The Labute approximate surface area is 66.7 Å². The molecule has 0 radical (unpaired) electrons. The predicted molar refractivity (Wildman–Crippen MR) is 41.0 cm³/mol. The van der Waals surface area contributed by atoms with Crippen LogP contribution in [0.25, 0.3) is 0 Å². The molecule has 0 atom stereocenters. The van der Waals surface area contributed by atoms with Crippen molar-refractivity contribution in [3.05, 3.63) is 0 Å². The highest BCUT2D eigenvalue weighted by Crippen LogP contribution is 2.16. The van der Waals surface area contributed by atoms with E-state index in [0.29, 0.717) is 0 Å². The van der Waals surface area contributed by atoms with Gasteiger partial charge in [0.05, 0.1) is 0 Å². The summed E-state index contributed by atoms with van der Waals surface area (Å²) in [6.45, 7) is 7.48. The van der Waals surface area contributed by atoms with Crippen LogP contribution in [0.2, 0.25) is 0 Å². The van der Waals surface area contributed by atoms with Gasteiger partial charge < -0.3 is 4.74 Å². The highest BCUT2D eigenvalue weighted by molar-refractivity contribution is 5.78. The maximum atomic E-state index is 12.8. The molecule has 0 amide bonds. The molecule has 11 heavy (non-hydrogen) atoms. The summed E-state index contributed by atoms with van der Waals surface area (Å²) in [7, 11) is 0. The second kappa shape index (κ2) is 2.80. The lowest BCUT2D eigenvalue weighted by atomic mass is 10.1. The monoisotopic (exact) mass is 162 g/mol. The normalized spacial score (nSPS) is 12.9. The van der Waals surface area contributed by atoms with E-state index in [1.54, 1.807) is 20.8 Å². The van der Waals surface area contributed by atoms with Gasteiger partial charge in [-0.05, 0) is 34.6 Å². The van der Waals surface area contributed by atoms with Crippen molar-refractivity contribution in [1.29, 1.82) is 0 Å². The highest BCUT2D eigenvalue weighted by atomic mass is 19.1. The van der Waals surface area contributed by atoms with Crippen molar-refractivity contribution >= 4 is 5.97 Å². The van der Waals surface area contributed by atoms with Gasteiger partial charge >= 0.3 is 5.97 Å². The lowest BCUT2D eigenvalue weighted by Gasteiger charge is -2.23. The van der Waals surface area contributed by atoms with Crippen LogP contribution in [0.3, 0.4) is 0 Å². The van der Waals surface area contributed by atoms with E-state index in [0.717, 1.165) is 0 Å². The summed E-state index contributed by atoms with van der Waals surface area (Å²) in [5.74, 6) is -0.815. The molecule has 0 aromatic heterocycles. The SMILES string of the molecule is CC(C)(C)OC(=O)C(C)(C)F. The number of ether oxygens (including phenoxy) is 1. The Kier molecular flexibility index (Phi) is 2.64. The summed E-state index contributed by atoms with van der Waals surface area (Å²) in [6.07, 6.45) is 0. The van der Waals surface area contributed by atoms with Gasteiger partial charge in [-0.3, -0.25) is 0 Å². The number of rotatable bonds is 1. The van der Waals surface area contributed by atoms with Gasteiger partial charge in [-0.1, -0.05) is 0 Å². The molecule has 0 fully saturated rings. The maximum Gasteiger partial charge on any atom is 0.343 e. The summed E-state index contributed by atoms with van der Waals surface area (Å²) in [6, 6.07) is 0. The van der Waals surface area contributed by atoms with Crippen molar-refractivity contribution in [2.45, 2.75) is 45.9 Å². The van der Waals surface area contributed by atoms with Gasteiger partial charge in [0, 0.05) is 0 Å².